The fourth-order valence-corrected chi connectivity index (χ4v) is 3.38. The molecule has 0 amide bonds. The lowest BCUT2D eigenvalue weighted by Gasteiger charge is -2.07. The predicted octanol–water partition coefficient (Wildman–Crippen LogP) is 4.47. The number of hydrogen-bond acceptors (Lipinski definition) is 8. The normalized spacial score (nSPS) is 11.9. The topological polar surface area (TPSA) is 163 Å². The van der Waals surface area contributed by atoms with Gasteiger partial charge in [-0.05, 0) is 12.1 Å². The van der Waals surface area contributed by atoms with Gasteiger partial charge in [-0.2, -0.15) is 8.42 Å². The number of rotatable bonds is 4. The van der Waals surface area contributed by atoms with E-state index < -0.39 is 37.1 Å². The molecule has 0 fully saturated rings. The summed E-state index contributed by atoms with van der Waals surface area (Å²) in [6.45, 7) is 0. The molecular formula is C16H10ClN3O7S. The molecule has 0 saturated carbocycles. The fraction of sp³-hybridized carbons (Fsp3) is 0. The SMILES string of the molecule is O=[N+]([O-])c1cc(Cl)c(O)c(N=Nc2ccc3c(S(=O)(=O)O)cccc3c2O)c1. The van der Waals surface area contributed by atoms with Crippen LogP contribution in [0, 0.1) is 10.1 Å². The van der Waals surface area contributed by atoms with Gasteiger partial charge < -0.3 is 10.2 Å². The Morgan fingerprint density at radius 2 is 1.64 bits per heavy atom. The van der Waals surface area contributed by atoms with Crippen molar-refractivity contribution in [2.45, 2.75) is 4.90 Å². The van der Waals surface area contributed by atoms with Crippen molar-refractivity contribution in [3.63, 3.8) is 0 Å². The van der Waals surface area contributed by atoms with Gasteiger partial charge in [0.25, 0.3) is 15.8 Å². The smallest absolute Gasteiger partial charge is 0.295 e. The highest BCUT2D eigenvalue weighted by Gasteiger charge is 2.18. The standard InChI is InChI=1S/C16H10ClN3O7S/c17-11-6-8(20(23)24)7-13(16(11)22)19-18-12-5-4-9-10(15(12)21)2-1-3-14(9)28(25,26)27/h1-7,21-22H,(H,25,26,27). The van der Waals surface area contributed by atoms with Crippen LogP contribution >= 0.6 is 11.6 Å². The summed E-state index contributed by atoms with van der Waals surface area (Å²) >= 11 is 5.73. The Balaban J connectivity index is 2.12. The minimum absolute atomic E-state index is 0.0580. The van der Waals surface area contributed by atoms with Crippen molar-refractivity contribution in [3.05, 3.63) is 57.6 Å². The molecule has 12 heteroatoms. The first kappa shape index (κ1) is 19.5. The molecule has 0 saturated heterocycles. The Kier molecular flexibility index (Phi) is 4.89. The maximum atomic E-state index is 11.4. The predicted molar refractivity (Wildman–Crippen MR) is 99.4 cm³/mol. The minimum Gasteiger partial charge on any atom is -0.505 e. The summed E-state index contributed by atoms with van der Waals surface area (Å²) in [5, 5.41) is 38.4. The second-order valence-corrected chi connectivity index (χ2v) is 7.31. The average molecular weight is 424 g/mol. The lowest BCUT2D eigenvalue weighted by atomic mass is 10.1. The third kappa shape index (κ3) is 3.58. The van der Waals surface area contributed by atoms with Gasteiger partial charge in [0, 0.05) is 22.9 Å². The molecular weight excluding hydrogens is 414 g/mol. The molecule has 0 aromatic heterocycles. The van der Waals surface area contributed by atoms with Crippen LogP contribution < -0.4 is 0 Å². The largest absolute Gasteiger partial charge is 0.505 e. The van der Waals surface area contributed by atoms with Gasteiger partial charge in [0.2, 0.25) is 0 Å². The van der Waals surface area contributed by atoms with Crippen LogP contribution in [0.15, 0.2) is 57.6 Å². The first-order chi connectivity index (χ1) is 13.1. The summed E-state index contributed by atoms with van der Waals surface area (Å²) in [5.41, 5.74) is -0.829. The molecule has 0 heterocycles. The van der Waals surface area contributed by atoms with E-state index in [0.29, 0.717) is 0 Å². The highest BCUT2D eigenvalue weighted by atomic mass is 35.5. The molecule has 0 radical (unpaired) electrons. The van der Waals surface area contributed by atoms with Crippen molar-refractivity contribution in [2.75, 3.05) is 0 Å². The molecule has 10 nitrogen and oxygen atoms in total. The summed E-state index contributed by atoms with van der Waals surface area (Å²) in [7, 11) is -4.51. The summed E-state index contributed by atoms with van der Waals surface area (Å²) < 4.78 is 32.2. The van der Waals surface area contributed by atoms with Crippen LogP contribution in [-0.4, -0.2) is 28.1 Å². The Bertz CT molecular complexity index is 1260. The van der Waals surface area contributed by atoms with Gasteiger partial charge in [-0.1, -0.05) is 29.8 Å². The molecule has 3 aromatic carbocycles. The van der Waals surface area contributed by atoms with Gasteiger partial charge in [-0.3, -0.25) is 14.7 Å². The van der Waals surface area contributed by atoms with E-state index in [4.69, 9.17) is 11.6 Å². The van der Waals surface area contributed by atoms with Gasteiger partial charge in [-0.25, -0.2) is 0 Å². The number of fused-ring (bicyclic) bond motifs is 1. The van der Waals surface area contributed by atoms with E-state index in [1.165, 1.54) is 30.3 Å². The van der Waals surface area contributed by atoms with Crippen molar-refractivity contribution < 1.29 is 28.1 Å². The molecule has 144 valence electrons. The van der Waals surface area contributed by atoms with Crippen LogP contribution in [0.5, 0.6) is 11.5 Å². The van der Waals surface area contributed by atoms with Crippen LogP contribution in [0.25, 0.3) is 10.8 Å². The number of hydrogen-bond donors (Lipinski definition) is 3. The van der Waals surface area contributed by atoms with E-state index in [9.17, 15) is 33.3 Å². The number of phenols is 2. The number of non-ortho nitro benzene ring substituents is 1. The molecule has 28 heavy (non-hydrogen) atoms. The van der Waals surface area contributed by atoms with E-state index >= 15 is 0 Å². The van der Waals surface area contributed by atoms with Crippen LogP contribution in [0.3, 0.4) is 0 Å². The number of aromatic hydroxyl groups is 2. The third-order valence-electron chi connectivity index (χ3n) is 3.75. The number of phenolic OH excluding ortho intramolecular Hbond substituents is 2. The van der Waals surface area contributed by atoms with Crippen molar-refractivity contribution in [3.8, 4) is 11.5 Å². The third-order valence-corrected chi connectivity index (χ3v) is 4.95. The summed E-state index contributed by atoms with van der Waals surface area (Å²) in [4.78, 5) is 9.76. The summed E-state index contributed by atoms with van der Waals surface area (Å²) in [5.74, 6) is -0.979. The van der Waals surface area contributed by atoms with E-state index in [0.717, 1.165) is 12.1 Å². The van der Waals surface area contributed by atoms with Gasteiger partial charge in [0.15, 0.2) is 11.5 Å². The second-order valence-electron chi connectivity index (χ2n) is 5.51. The molecule has 3 aromatic rings. The number of azo groups is 1. The average Bonchev–Trinajstić information content (AvgIpc) is 2.62. The zero-order valence-corrected chi connectivity index (χ0v) is 15.2. The summed E-state index contributed by atoms with van der Waals surface area (Å²) in [6, 6.07) is 8.30. The number of nitro benzene ring substituents is 1. The minimum atomic E-state index is -4.51. The molecule has 0 aliphatic heterocycles. The lowest BCUT2D eigenvalue weighted by Crippen LogP contribution is -1.98. The Hall–Kier alpha value is -3.28. The quantitative estimate of drug-likeness (QED) is 0.241. The zero-order chi connectivity index (χ0) is 20.6. The molecule has 3 N–H and O–H groups in total. The van der Waals surface area contributed by atoms with E-state index in [-0.39, 0.29) is 27.2 Å². The van der Waals surface area contributed by atoms with Crippen molar-refractivity contribution in [2.24, 2.45) is 10.2 Å². The second kappa shape index (κ2) is 7.03. The monoisotopic (exact) mass is 423 g/mol. The number of nitrogens with zero attached hydrogens (tertiary/aromatic N) is 3. The van der Waals surface area contributed by atoms with Crippen molar-refractivity contribution >= 4 is 49.6 Å². The Morgan fingerprint density at radius 3 is 2.29 bits per heavy atom. The van der Waals surface area contributed by atoms with Crippen LogP contribution in [0.2, 0.25) is 5.02 Å². The Labute approximate surface area is 162 Å². The fourth-order valence-electron chi connectivity index (χ4n) is 2.47. The van der Waals surface area contributed by atoms with Crippen molar-refractivity contribution in [1.82, 2.24) is 0 Å². The maximum absolute atomic E-state index is 11.4. The van der Waals surface area contributed by atoms with Crippen LogP contribution in [0.4, 0.5) is 17.1 Å². The molecule has 3 rings (SSSR count). The molecule has 0 aliphatic carbocycles. The van der Waals surface area contributed by atoms with Gasteiger partial charge in [0.05, 0.1) is 9.95 Å². The van der Waals surface area contributed by atoms with Gasteiger partial charge in [-0.15, -0.1) is 10.2 Å². The molecule has 0 bridgehead atoms. The molecule has 0 atom stereocenters. The first-order valence-corrected chi connectivity index (χ1v) is 9.22. The van der Waals surface area contributed by atoms with E-state index in [1.807, 2.05) is 0 Å². The van der Waals surface area contributed by atoms with Crippen molar-refractivity contribution in [1.29, 1.82) is 0 Å². The number of halogens is 1. The first-order valence-electron chi connectivity index (χ1n) is 7.40. The van der Waals surface area contributed by atoms with E-state index in [2.05, 4.69) is 10.2 Å². The van der Waals surface area contributed by atoms with Gasteiger partial charge >= 0.3 is 0 Å². The van der Waals surface area contributed by atoms with Gasteiger partial charge in [0.1, 0.15) is 16.3 Å². The summed E-state index contributed by atoms with van der Waals surface area (Å²) in [6.07, 6.45) is 0. The highest BCUT2D eigenvalue weighted by Crippen LogP contribution is 2.41. The molecule has 0 aliphatic rings. The van der Waals surface area contributed by atoms with Crippen LogP contribution in [-0.2, 0) is 10.1 Å². The number of nitro groups is 1. The highest BCUT2D eigenvalue weighted by molar-refractivity contribution is 7.86. The Morgan fingerprint density at radius 1 is 0.964 bits per heavy atom. The zero-order valence-electron chi connectivity index (χ0n) is 13.6. The number of benzene rings is 3. The van der Waals surface area contributed by atoms with Crippen LogP contribution in [0.1, 0.15) is 0 Å². The molecule has 0 spiro atoms. The molecule has 0 unspecified atom stereocenters. The lowest BCUT2D eigenvalue weighted by molar-refractivity contribution is -0.384. The maximum Gasteiger partial charge on any atom is 0.295 e. The van der Waals surface area contributed by atoms with E-state index in [1.54, 1.807) is 0 Å².